The van der Waals surface area contributed by atoms with Gasteiger partial charge in [-0.3, -0.25) is 19.2 Å². The normalized spacial score (nSPS) is 23.7. The van der Waals surface area contributed by atoms with Crippen LogP contribution in [0.1, 0.15) is 62.5 Å². The van der Waals surface area contributed by atoms with Crippen LogP contribution in [-0.2, 0) is 36.8 Å². The smallest absolute Gasteiger partial charge is 0.325 e. The number of methoxy groups -OCH3 is 1. The van der Waals surface area contributed by atoms with Crippen molar-refractivity contribution in [1.82, 2.24) is 31.1 Å². The first-order valence-corrected chi connectivity index (χ1v) is 19.0. The van der Waals surface area contributed by atoms with Crippen molar-refractivity contribution in [3.05, 3.63) is 71.3 Å². The van der Waals surface area contributed by atoms with E-state index in [1.54, 1.807) is 41.1 Å². The number of halogens is 2. The van der Waals surface area contributed by atoms with Gasteiger partial charge in [0.25, 0.3) is 0 Å². The average Bonchev–Trinajstić information content (AvgIpc) is 3.17. The first-order valence-electron chi connectivity index (χ1n) is 19.0. The Morgan fingerprint density at radius 2 is 1.40 bits per heavy atom. The maximum Gasteiger partial charge on any atom is 0.325 e. The highest BCUT2D eigenvalue weighted by molar-refractivity contribution is 5.95. The van der Waals surface area contributed by atoms with E-state index in [-0.39, 0.29) is 42.4 Å². The molecule has 2 aromatic carbocycles. The third-order valence-corrected chi connectivity index (χ3v) is 11.0. The van der Waals surface area contributed by atoms with Gasteiger partial charge in [-0.15, -0.1) is 0 Å². The maximum atomic E-state index is 13.2. The third-order valence-electron chi connectivity index (χ3n) is 11.0. The standard InChI is InChI=1S/C21H32FN3O3.C19H26FN3O2/c1-23-18-7-5-4-6-16(18)13-25(14-20(26)28-3)21(27)19(24-2)12-15-8-10-17(22)11-9-15;1-21-16-5-3-2-4-14(16)11-23-12-18(24)22-17(19(23)25)10-13-6-8-15(20)9-7-13/h8-11,16,18-19,23-24H,4-7,12-14H2,1-3H3;6-9,14,16-17,21H,2-5,10-12H2,1H3,(H,22,24)/t16-,18+,19-;14-,16+,17-/m00/s1. The van der Waals surface area contributed by atoms with E-state index in [0.29, 0.717) is 49.9 Å². The van der Waals surface area contributed by atoms with Crippen molar-refractivity contribution in [1.29, 1.82) is 0 Å². The van der Waals surface area contributed by atoms with E-state index in [2.05, 4.69) is 21.3 Å². The lowest BCUT2D eigenvalue weighted by Gasteiger charge is -2.38. The van der Waals surface area contributed by atoms with E-state index in [1.807, 2.05) is 14.1 Å². The molecule has 0 bridgehead atoms. The predicted octanol–water partition coefficient (Wildman–Crippen LogP) is 3.21. The summed E-state index contributed by atoms with van der Waals surface area (Å²) in [6.45, 7) is 1.20. The van der Waals surface area contributed by atoms with Crippen LogP contribution < -0.4 is 21.3 Å². The Kier molecular flexibility index (Phi) is 16.6. The van der Waals surface area contributed by atoms with Crippen molar-refractivity contribution in [3.8, 4) is 0 Å². The van der Waals surface area contributed by atoms with E-state index in [1.165, 1.54) is 50.6 Å². The molecular weight excluding hydrogens is 682 g/mol. The summed E-state index contributed by atoms with van der Waals surface area (Å²) in [5.41, 5.74) is 1.70. The Hall–Kier alpha value is -3.94. The van der Waals surface area contributed by atoms with Crippen molar-refractivity contribution >= 4 is 23.7 Å². The Labute approximate surface area is 313 Å². The number of ether oxygens (including phenoxy) is 1. The molecule has 53 heavy (non-hydrogen) atoms. The number of benzene rings is 2. The number of amides is 3. The van der Waals surface area contributed by atoms with Gasteiger partial charge < -0.3 is 35.8 Å². The number of carbonyl (C=O) groups excluding carboxylic acids is 4. The highest BCUT2D eigenvalue weighted by Gasteiger charge is 2.36. The Morgan fingerprint density at radius 1 is 0.849 bits per heavy atom. The van der Waals surface area contributed by atoms with Gasteiger partial charge >= 0.3 is 5.97 Å². The predicted molar refractivity (Wildman–Crippen MR) is 200 cm³/mol. The average molecular weight is 741 g/mol. The minimum absolute atomic E-state index is 0.0376. The lowest BCUT2D eigenvalue weighted by atomic mass is 9.84. The molecule has 3 amide bonds. The van der Waals surface area contributed by atoms with Gasteiger partial charge in [0.2, 0.25) is 17.7 Å². The van der Waals surface area contributed by atoms with E-state index in [0.717, 1.165) is 43.2 Å². The summed E-state index contributed by atoms with van der Waals surface area (Å²) in [6, 6.07) is 11.9. The molecule has 1 heterocycles. The van der Waals surface area contributed by atoms with E-state index < -0.39 is 18.1 Å². The molecular formula is C40H58F2N6O5. The number of nitrogens with one attached hydrogen (secondary N) is 4. The van der Waals surface area contributed by atoms with Crippen LogP contribution in [0.25, 0.3) is 0 Å². The van der Waals surface area contributed by atoms with Gasteiger partial charge in [0.05, 0.1) is 19.7 Å². The SMILES string of the molecule is CN[C@@H](Cc1ccc(F)cc1)C(=O)N(CC(=O)OC)C[C@@H]1CCCC[C@H]1NC.CN[C@@H]1CCCC[C@H]1CN1CC(=O)N[C@@H](Cc2ccc(F)cc2)C1=O. The van der Waals surface area contributed by atoms with Gasteiger partial charge in [0.15, 0.2) is 0 Å². The monoisotopic (exact) mass is 740 g/mol. The molecule has 5 rings (SSSR count). The molecule has 1 saturated heterocycles. The fourth-order valence-corrected chi connectivity index (χ4v) is 7.94. The van der Waals surface area contributed by atoms with Crippen LogP contribution >= 0.6 is 0 Å². The van der Waals surface area contributed by atoms with Gasteiger partial charge in [-0.25, -0.2) is 8.78 Å². The number of carbonyl (C=O) groups is 4. The lowest BCUT2D eigenvalue weighted by molar-refractivity contribution is -0.148. The second-order valence-corrected chi connectivity index (χ2v) is 14.5. The second kappa shape index (κ2) is 21.1. The fraction of sp³-hybridized carbons (Fsp3) is 0.600. The molecule has 11 nitrogen and oxygen atoms in total. The molecule has 0 unspecified atom stereocenters. The van der Waals surface area contributed by atoms with Gasteiger partial charge in [-0.2, -0.15) is 0 Å². The van der Waals surface area contributed by atoms with Crippen molar-refractivity contribution in [2.45, 2.75) is 88.4 Å². The molecule has 4 N–H and O–H groups in total. The van der Waals surface area contributed by atoms with E-state index in [9.17, 15) is 28.0 Å². The maximum absolute atomic E-state index is 13.2. The van der Waals surface area contributed by atoms with Gasteiger partial charge in [-0.1, -0.05) is 49.9 Å². The molecule has 1 aliphatic heterocycles. The second-order valence-electron chi connectivity index (χ2n) is 14.5. The highest BCUT2D eigenvalue weighted by atomic mass is 19.1. The molecule has 2 saturated carbocycles. The zero-order chi connectivity index (χ0) is 38.3. The first-order chi connectivity index (χ1) is 25.5. The van der Waals surface area contributed by atoms with Gasteiger partial charge in [-0.05, 0) is 100 Å². The highest BCUT2D eigenvalue weighted by Crippen LogP contribution is 2.27. The van der Waals surface area contributed by atoms with Crippen molar-refractivity contribution in [2.24, 2.45) is 11.8 Å². The molecule has 292 valence electrons. The molecule has 2 aliphatic carbocycles. The number of likely N-dealkylation sites (N-methyl/N-ethyl adjacent to an activating group) is 1. The number of hydrogen-bond acceptors (Lipinski definition) is 8. The number of esters is 1. The molecule has 0 radical (unpaired) electrons. The van der Waals surface area contributed by atoms with Crippen molar-refractivity contribution < 1.29 is 32.7 Å². The summed E-state index contributed by atoms with van der Waals surface area (Å²) >= 11 is 0. The number of piperazine rings is 1. The minimum Gasteiger partial charge on any atom is -0.468 e. The van der Waals surface area contributed by atoms with Crippen LogP contribution in [0.3, 0.4) is 0 Å². The first kappa shape index (κ1) is 41.8. The van der Waals surface area contributed by atoms with Crippen LogP contribution in [-0.4, -0.2) is 112 Å². The van der Waals surface area contributed by atoms with Crippen LogP contribution in [0.15, 0.2) is 48.5 Å². The molecule has 13 heteroatoms. The summed E-state index contributed by atoms with van der Waals surface area (Å²) in [7, 11) is 6.96. The fourth-order valence-electron chi connectivity index (χ4n) is 7.94. The molecule has 0 aromatic heterocycles. The molecule has 6 atom stereocenters. The van der Waals surface area contributed by atoms with E-state index >= 15 is 0 Å². The third kappa shape index (κ3) is 12.6. The summed E-state index contributed by atoms with van der Waals surface area (Å²) < 4.78 is 31.0. The summed E-state index contributed by atoms with van der Waals surface area (Å²) in [4.78, 5) is 53.4. The van der Waals surface area contributed by atoms with Crippen molar-refractivity contribution in [2.75, 3.05) is 54.4 Å². The Bertz CT molecular complexity index is 1480. The molecule has 3 aliphatic rings. The topological polar surface area (TPSA) is 132 Å². The molecule has 2 aromatic rings. The zero-order valence-corrected chi connectivity index (χ0v) is 31.7. The molecule has 0 spiro atoms. The Morgan fingerprint density at radius 3 is 1.96 bits per heavy atom. The minimum atomic E-state index is -0.566. The summed E-state index contributed by atoms with van der Waals surface area (Å²) in [5, 5.41) is 12.5. The number of nitrogens with zero attached hydrogens (tertiary/aromatic N) is 2. The Balaban J connectivity index is 0.000000238. The van der Waals surface area contributed by atoms with Crippen molar-refractivity contribution in [3.63, 3.8) is 0 Å². The molecule has 3 fully saturated rings. The quantitative estimate of drug-likeness (QED) is 0.218. The van der Waals surface area contributed by atoms with Crippen LogP contribution in [0.4, 0.5) is 8.78 Å². The zero-order valence-electron chi connectivity index (χ0n) is 31.7. The van der Waals surface area contributed by atoms with Crippen LogP contribution in [0.5, 0.6) is 0 Å². The summed E-state index contributed by atoms with van der Waals surface area (Å²) in [6.07, 6.45) is 9.82. The van der Waals surface area contributed by atoms with E-state index in [4.69, 9.17) is 4.74 Å². The van der Waals surface area contributed by atoms with Crippen LogP contribution in [0.2, 0.25) is 0 Å². The van der Waals surface area contributed by atoms with Gasteiger partial charge in [0.1, 0.15) is 24.2 Å². The number of rotatable bonds is 14. The van der Waals surface area contributed by atoms with Crippen LogP contribution in [0, 0.1) is 23.5 Å². The number of hydrogen-bond donors (Lipinski definition) is 4. The lowest BCUT2D eigenvalue weighted by Crippen LogP contribution is -2.60. The summed E-state index contributed by atoms with van der Waals surface area (Å²) in [5.74, 6) is -0.651. The largest absolute Gasteiger partial charge is 0.468 e. The van der Waals surface area contributed by atoms with Gasteiger partial charge in [0, 0.05) is 31.6 Å².